The fourth-order valence-electron chi connectivity index (χ4n) is 5.02. The number of hydrogen-bond acceptors (Lipinski definition) is 8. The third-order valence-corrected chi connectivity index (χ3v) is 6.97. The lowest BCUT2D eigenvalue weighted by atomic mass is 10.1. The minimum atomic E-state index is -1.01. The van der Waals surface area contributed by atoms with Crippen molar-refractivity contribution in [2.75, 3.05) is 50.3 Å². The number of aliphatic hydroxyl groups is 1. The lowest BCUT2D eigenvalue weighted by Gasteiger charge is -2.33. The zero-order valence-corrected chi connectivity index (χ0v) is 22.0. The highest BCUT2D eigenvalue weighted by atomic mass is 19.2. The van der Waals surface area contributed by atoms with Crippen molar-refractivity contribution in [1.82, 2.24) is 14.7 Å². The van der Waals surface area contributed by atoms with Crippen LogP contribution in [-0.4, -0.2) is 77.7 Å². The van der Waals surface area contributed by atoms with Crippen LogP contribution in [0.2, 0.25) is 0 Å². The molecule has 1 fully saturated rings. The number of aliphatic imine (C=N–C) groups is 1. The molecular formula is C27H31F2N7O4. The first-order valence-electron chi connectivity index (χ1n) is 12.9. The van der Waals surface area contributed by atoms with Crippen LogP contribution in [0.3, 0.4) is 0 Å². The van der Waals surface area contributed by atoms with Crippen LogP contribution in [0.15, 0.2) is 47.7 Å². The van der Waals surface area contributed by atoms with Crippen LogP contribution in [0.1, 0.15) is 18.4 Å². The number of ether oxygens (including phenoxy) is 2. The summed E-state index contributed by atoms with van der Waals surface area (Å²) in [5.74, 6) is -1.32. The second-order valence-corrected chi connectivity index (χ2v) is 9.55. The number of amidine groups is 1. The van der Waals surface area contributed by atoms with E-state index in [2.05, 4.69) is 15.3 Å². The monoisotopic (exact) mass is 555 g/mol. The molecule has 0 aliphatic carbocycles. The minimum Gasteiger partial charge on any atom is -0.493 e. The van der Waals surface area contributed by atoms with E-state index >= 15 is 0 Å². The standard InChI is InChI=1S/C27H31F2N7O4/c1-39-23-10-19-21(11-24(23)40-9-8-34-7-3-4-18(34)15-37)31-16-36(22-6-2-5-20(28)26(22)29)27(19)33-17-12-32-35(13-17)14-25(30)38/h2,5-6,10-13,18,31,37H,3-4,7-9,14-16H2,1H3,(H2,30,38)/t18-/m0/s1. The highest BCUT2D eigenvalue weighted by Crippen LogP contribution is 2.38. The van der Waals surface area contributed by atoms with Gasteiger partial charge in [-0.3, -0.25) is 14.4 Å². The summed E-state index contributed by atoms with van der Waals surface area (Å²) in [5, 5.41) is 16.9. The Labute approximate surface area is 229 Å². The van der Waals surface area contributed by atoms with Gasteiger partial charge in [0.05, 0.1) is 44.2 Å². The molecule has 1 aromatic heterocycles. The number of halogens is 2. The van der Waals surface area contributed by atoms with Crippen LogP contribution in [-0.2, 0) is 11.3 Å². The molecule has 2 aromatic carbocycles. The van der Waals surface area contributed by atoms with Gasteiger partial charge in [-0.15, -0.1) is 0 Å². The molecule has 5 rings (SSSR count). The summed E-state index contributed by atoms with van der Waals surface area (Å²) < 4.78 is 42.2. The number of aromatic nitrogens is 2. The summed E-state index contributed by atoms with van der Waals surface area (Å²) in [7, 11) is 1.52. The molecule has 0 bridgehead atoms. The highest BCUT2D eigenvalue weighted by Gasteiger charge is 2.29. The number of anilines is 2. The van der Waals surface area contributed by atoms with E-state index in [0.717, 1.165) is 25.5 Å². The lowest BCUT2D eigenvalue weighted by molar-refractivity contribution is -0.118. The molecule has 212 valence electrons. The fraction of sp³-hybridized carbons (Fsp3) is 0.370. The van der Waals surface area contributed by atoms with Crippen molar-refractivity contribution >= 4 is 28.8 Å². The SMILES string of the molecule is COc1cc2c(cc1OCCN1CCC[C@H]1CO)NCN(c1cccc(F)c1F)C2=Nc1cnn(CC(N)=O)c1. The van der Waals surface area contributed by atoms with Gasteiger partial charge in [0.2, 0.25) is 5.91 Å². The maximum absolute atomic E-state index is 14.9. The first-order valence-corrected chi connectivity index (χ1v) is 12.9. The number of nitrogens with zero attached hydrogens (tertiary/aromatic N) is 5. The van der Waals surface area contributed by atoms with Crippen LogP contribution < -0.4 is 25.4 Å². The number of rotatable bonds is 10. The van der Waals surface area contributed by atoms with Gasteiger partial charge in [-0.05, 0) is 37.6 Å². The molecule has 40 heavy (non-hydrogen) atoms. The van der Waals surface area contributed by atoms with Crippen LogP contribution in [0.4, 0.5) is 25.8 Å². The van der Waals surface area contributed by atoms with Gasteiger partial charge in [-0.1, -0.05) is 6.07 Å². The van der Waals surface area contributed by atoms with Crippen LogP contribution in [0.5, 0.6) is 11.5 Å². The molecule has 1 amide bonds. The van der Waals surface area contributed by atoms with Crippen LogP contribution in [0.25, 0.3) is 0 Å². The Balaban J connectivity index is 1.49. The van der Waals surface area contributed by atoms with Crippen molar-refractivity contribution < 1.29 is 28.2 Å². The van der Waals surface area contributed by atoms with Crippen molar-refractivity contribution in [2.24, 2.45) is 10.7 Å². The van der Waals surface area contributed by atoms with Gasteiger partial charge in [0.25, 0.3) is 0 Å². The van der Waals surface area contributed by atoms with E-state index in [9.17, 15) is 18.7 Å². The molecule has 13 heteroatoms. The van der Waals surface area contributed by atoms with Gasteiger partial charge < -0.3 is 30.5 Å². The Morgan fingerprint density at radius 3 is 2.92 bits per heavy atom. The maximum Gasteiger partial charge on any atom is 0.239 e. The molecule has 0 radical (unpaired) electrons. The average molecular weight is 556 g/mol. The number of fused-ring (bicyclic) bond motifs is 1. The van der Waals surface area contributed by atoms with Crippen LogP contribution >= 0.6 is 0 Å². The van der Waals surface area contributed by atoms with Gasteiger partial charge in [-0.2, -0.15) is 5.10 Å². The summed E-state index contributed by atoms with van der Waals surface area (Å²) >= 11 is 0. The van der Waals surface area contributed by atoms with Crippen molar-refractivity contribution in [3.05, 3.63) is 59.9 Å². The van der Waals surface area contributed by atoms with E-state index in [1.165, 1.54) is 41.2 Å². The molecule has 3 heterocycles. The van der Waals surface area contributed by atoms with E-state index in [1.54, 1.807) is 12.1 Å². The number of hydrogen-bond donors (Lipinski definition) is 3. The third kappa shape index (κ3) is 5.70. The number of nitrogens with two attached hydrogens (primary N) is 1. The number of likely N-dealkylation sites (tertiary alicyclic amines) is 1. The van der Waals surface area contributed by atoms with Gasteiger partial charge in [0, 0.05) is 24.2 Å². The fourth-order valence-corrected chi connectivity index (χ4v) is 5.02. The summed E-state index contributed by atoms with van der Waals surface area (Å²) in [5.41, 5.74) is 6.86. The van der Waals surface area contributed by atoms with E-state index in [4.69, 9.17) is 20.2 Å². The molecule has 1 atom stereocenters. The topological polar surface area (TPSA) is 130 Å². The second kappa shape index (κ2) is 11.9. The maximum atomic E-state index is 14.9. The van der Waals surface area contributed by atoms with Gasteiger partial charge in [0.15, 0.2) is 23.1 Å². The number of carbonyl (C=O) groups is 1. The number of amides is 1. The Hall–Kier alpha value is -4.23. The molecule has 0 spiro atoms. The zero-order valence-electron chi connectivity index (χ0n) is 22.0. The Morgan fingerprint density at radius 1 is 1.30 bits per heavy atom. The summed E-state index contributed by atoms with van der Waals surface area (Å²) in [6.45, 7) is 2.05. The minimum absolute atomic E-state index is 0.00947. The van der Waals surface area contributed by atoms with E-state index in [-0.39, 0.29) is 31.5 Å². The Bertz CT molecular complexity index is 1410. The third-order valence-electron chi connectivity index (χ3n) is 6.97. The zero-order chi connectivity index (χ0) is 28.2. The Morgan fingerprint density at radius 2 is 2.15 bits per heavy atom. The molecule has 2 aliphatic rings. The molecule has 2 aliphatic heterocycles. The lowest BCUT2D eigenvalue weighted by Crippen LogP contribution is -2.41. The largest absolute Gasteiger partial charge is 0.493 e. The summed E-state index contributed by atoms with van der Waals surface area (Å²) in [4.78, 5) is 19.7. The Kier molecular flexibility index (Phi) is 8.12. The van der Waals surface area contributed by atoms with Crippen molar-refractivity contribution in [3.63, 3.8) is 0 Å². The van der Waals surface area contributed by atoms with E-state index in [0.29, 0.717) is 47.4 Å². The predicted molar refractivity (Wildman–Crippen MR) is 145 cm³/mol. The molecule has 0 saturated carbocycles. The molecule has 4 N–H and O–H groups in total. The quantitative estimate of drug-likeness (QED) is 0.348. The van der Waals surface area contributed by atoms with Gasteiger partial charge in [-0.25, -0.2) is 13.8 Å². The van der Waals surface area contributed by atoms with Crippen molar-refractivity contribution in [3.8, 4) is 11.5 Å². The number of methoxy groups -OCH3 is 1. The van der Waals surface area contributed by atoms with Gasteiger partial charge >= 0.3 is 0 Å². The van der Waals surface area contributed by atoms with Crippen molar-refractivity contribution in [1.29, 1.82) is 0 Å². The average Bonchev–Trinajstić information content (AvgIpc) is 3.58. The summed E-state index contributed by atoms with van der Waals surface area (Å²) in [6, 6.07) is 7.59. The number of aliphatic hydroxyl groups excluding tert-OH is 1. The van der Waals surface area contributed by atoms with Gasteiger partial charge in [0.1, 0.15) is 24.7 Å². The van der Waals surface area contributed by atoms with Crippen molar-refractivity contribution in [2.45, 2.75) is 25.4 Å². The second-order valence-electron chi connectivity index (χ2n) is 9.55. The molecule has 1 saturated heterocycles. The number of nitrogens with one attached hydrogen (secondary N) is 1. The van der Waals surface area contributed by atoms with E-state index in [1.807, 2.05) is 0 Å². The highest BCUT2D eigenvalue weighted by molar-refractivity contribution is 6.16. The first-order chi connectivity index (χ1) is 19.4. The number of primary amides is 1. The number of benzene rings is 2. The first kappa shape index (κ1) is 27.3. The smallest absolute Gasteiger partial charge is 0.239 e. The van der Waals surface area contributed by atoms with Crippen LogP contribution in [0, 0.1) is 11.6 Å². The normalized spacial score (nSPS) is 18.1. The molecule has 0 unspecified atom stereocenters. The van der Waals surface area contributed by atoms with E-state index < -0.39 is 17.5 Å². The molecular weight excluding hydrogens is 524 g/mol. The number of carbonyl (C=O) groups excluding carboxylic acids is 1. The molecule has 3 aromatic rings. The molecule has 11 nitrogen and oxygen atoms in total. The predicted octanol–water partition coefficient (Wildman–Crippen LogP) is 2.46. The summed E-state index contributed by atoms with van der Waals surface area (Å²) in [6.07, 6.45) is 4.99.